The van der Waals surface area contributed by atoms with E-state index in [2.05, 4.69) is 15.9 Å². The van der Waals surface area contributed by atoms with Gasteiger partial charge in [-0.15, -0.1) is 0 Å². The highest BCUT2D eigenvalue weighted by Gasteiger charge is 2.10. The van der Waals surface area contributed by atoms with Crippen LogP contribution in [0.2, 0.25) is 0 Å². The first-order valence-corrected chi connectivity index (χ1v) is 5.32. The predicted molar refractivity (Wildman–Crippen MR) is 48.7 cm³/mol. The molecule has 0 spiro atoms. The van der Waals surface area contributed by atoms with E-state index in [9.17, 15) is 8.42 Å². The van der Waals surface area contributed by atoms with Gasteiger partial charge in [0.25, 0.3) is 10.0 Å². The number of nitrogens with one attached hydrogen (secondary N) is 1. The van der Waals surface area contributed by atoms with Crippen LogP contribution in [0.3, 0.4) is 0 Å². The summed E-state index contributed by atoms with van der Waals surface area (Å²) in [7, 11) is -3.52. The van der Waals surface area contributed by atoms with Crippen molar-refractivity contribution < 1.29 is 8.42 Å². The van der Waals surface area contributed by atoms with Gasteiger partial charge in [-0.1, -0.05) is 22.0 Å². The molecule has 1 aromatic rings. The highest BCUT2D eigenvalue weighted by molar-refractivity contribution is 9.10. The smallest absolute Gasteiger partial charge is 0.253 e. The lowest BCUT2D eigenvalue weighted by molar-refractivity contribution is 0.584. The molecule has 1 rings (SSSR count). The van der Waals surface area contributed by atoms with E-state index in [1.807, 2.05) is 0 Å². The number of rotatable bonds is 2. The van der Waals surface area contributed by atoms with E-state index < -0.39 is 10.0 Å². The van der Waals surface area contributed by atoms with E-state index in [0.717, 1.165) is 0 Å². The Morgan fingerprint density at radius 1 is 1.42 bits per heavy atom. The van der Waals surface area contributed by atoms with E-state index in [4.69, 9.17) is 5.84 Å². The van der Waals surface area contributed by atoms with E-state index in [1.54, 1.807) is 17.0 Å². The minimum atomic E-state index is -3.52. The molecule has 0 aliphatic rings. The summed E-state index contributed by atoms with van der Waals surface area (Å²) in [6, 6.07) is 6.28. The van der Waals surface area contributed by atoms with Crippen molar-refractivity contribution in [2.75, 3.05) is 0 Å². The van der Waals surface area contributed by atoms with Gasteiger partial charge in [-0.25, -0.2) is 8.42 Å². The fourth-order valence-corrected chi connectivity index (χ4v) is 1.93. The summed E-state index contributed by atoms with van der Waals surface area (Å²) in [6.45, 7) is 0. The molecule has 0 bridgehead atoms. The van der Waals surface area contributed by atoms with Crippen molar-refractivity contribution in [3.8, 4) is 0 Å². The molecule has 12 heavy (non-hydrogen) atoms. The van der Waals surface area contributed by atoms with Crippen LogP contribution in [0.5, 0.6) is 0 Å². The molecule has 0 unspecified atom stereocenters. The minimum absolute atomic E-state index is 0.138. The first-order chi connectivity index (χ1) is 5.56. The van der Waals surface area contributed by atoms with Gasteiger partial charge in [0, 0.05) is 4.47 Å². The number of nitrogens with two attached hydrogens (primary N) is 1. The van der Waals surface area contributed by atoms with Crippen LogP contribution >= 0.6 is 15.9 Å². The Labute approximate surface area is 78.9 Å². The molecule has 0 aromatic heterocycles. The summed E-state index contributed by atoms with van der Waals surface area (Å²) < 4.78 is 22.9. The Bertz CT molecular complexity index is 377. The molecule has 0 radical (unpaired) electrons. The molecule has 0 saturated carbocycles. The molecule has 0 aliphatic heterocycles. The van der Waals surface area contributed by atoms with Gasteiger partial charge >= 0.3 is 0 Å². The first-order valence-electron chi connectivity index (χ1n) is 3.04. The number of benzene rings is 1. The van der Waals surface area contributed by atoms with E-state index in [-0.39, 0.29) is 4.90 Å². The summed E-state index contributed by atoms with van der Waals surface area (Å²) in [5.41, 5.74) is 0. The van der Waals surface area contributed by atoms with Gasteiger partial charge in [-0.2, -0.15) is 4.83 Å². The Hall–Kier alpha value is -0.430. The van der Waals surface area contributed by atoms with Gasteiger partial charge in [0.15, 0.2) is 0 Å². The number of halogens is 1. The molecular formula is C6H7BrN2O2S. The quantitative estimate of drug-likeness (QED) is 0.597. The van der Waals surface area contributed by atoms with Crippen LogP contribution in [-0.2, 0) is 10.0 Å². The lowest BCUT2D eigenvalue weighted by Crippen LogP contribution is -2.30. The van der Waals surface area contributed by atoms with Crippen molar-refractivity contribution in [2.45, 2.75) is 4.90 Å². The Morgan fingerprint density at radius 3 is 2.58 bits per heavy atom. The highest BCUT2D eigenvalue weighted by atomic mass is 79.9. The van der Waals surface area contributed by atoms with Crippen molar-refractivity contribution in [1.29, 1.82) is 0 Å². The minimum Gasteiger partial charge on any atom is -0.257 e. The standard InChI is InChI=1S/C6H7BrN2O2S/c7-5-2-1-3-6(4-5)12(10,11)9-8/h1-4,9H,8H2. The normalized spacial score (nSPS) is 11.5. The van der Waals surface area contributed by atoms with Crippen LogP contribution in [0, 0.1) is 0 Å². The van der Waals surface area contributed by atoms with Crippen molar-refractivity contribution in [3.63, 3.8) is 0 Å². The number of hydrazine groups is 1. The lowest BCUT2D eigenvalue weighted by Gasteiger charge is -2.01. The summed E-state index contributed by atoms with van der Waals surface area (Å²) in [4.78, 5) is 1.87. The maximum atomic E-state index is 11.1. The summed E-state index contributed by atoms with van der Waals surface area (Å²) in [5, 5.41) is 0. The van der Waals surface area contributed by atoms with Crippen molar-refractivity contribution >= 4 is 26.0 Å². The number of hydrogen-bond acceptors (Lipinski definition) is 3. The van der Waals surface area contributed by atoms with E-state index >= 15 is 0 Å². The zero-order valence-electron chi connectivity index (χ0n) is 5.99. The molecule has 4 nitrogen and oxygen atoms in total. The molecule has 0 atom stereocenters. The zero-order chi connectivity index (χ0) is 9.19. The average molecular weight is 251 g/mol. The highest BCUT2D eigenvalue weighted by Crippen LogP contribution is 2.14. The average Bonchev–Trinajstić information content (AvgIpc) is 2.05. The predicted octanol–water partition coefficient (Wildman–Crippen LogP) is 0.601. The van der Waals surface area contributed by atoms with Crippen LogP contribution < -0.4 is 10.7 Å². The Kier molecular flexibility index (Phi) is 2.84. The van der Waals surface area contributed by atoms with Gasteiger partial charge in [0.2, 0.25) is 0 Å². The monoisotopic (exact) mass is 250 g/mol. The SMILES string of the molecule is NNS(=O)(=O)c1cccc(Br)c1. The number of hydrogen-bond donors (Lipinski definition) is 2. The molecule has 0 aliphatic carbocycles. The van der Waals surface area contributed by atoms with Crippen LogP contribution in [0.1, 0.15) is 0 Å². The van der Waals surface area contributed by atoms with E-state index in [0.29, 0.717) is 4.47 Å². The second-order valence-electron chi connectivity index (χ2n) is 2.08. The van der Waals surface area contributed by atoms with Gasteiger partial charge < -0.3 is 0 Å². The third-order valence-corrected chi connectivity index (χ3v) is 2.94. The molecule has 6 heteroatoms. The number of sulfonamides is 1. The fraction of sp³-hybridized carbons (Fsp3) is 0. The second-order valence-corrected chi connectivity index (χ2v) is 4.71. The third kappa shape index (κ3) is 2.04. The largest absolute Gasteiger partial charge is 0.257 e. The summed E-state index contributed by atoms with van der Waals surface area (Å²) >= 11 is 3.15. The van der Waals surface area contributed by atoms with Crippen molar-refractivity contribution in [1.82, 2.24) is 4.83 Å². The second kappa shape index (κ2) is 3.53. The maximum absolute atomic E-state index is 11.1. The molecule has 3 N–H and O–H groups in total. The molecular weight excluding hydrogens is 244 g/mol. The van der Waals surface area contributed by atoms with Gasteiger partial charge in [-0.05, 0) is 18.2 Å². The first kappa shape index (κ1) is 9.66. The van der Waals surface area contributed by atoms with Crippen LogP contribution in [0.15, 0.2) is 33.6 Å². The lowest BCUT2D eigenvalue weighted by atomic mass is 10.4. The zero-order valence-corrected chi connectivity index (χ0v) is 8.39. The molecule has 0 amide bonds. The topological polar surface area (TPSA) is 72.2 Å². The van der Waals surface area contributed by atoms with Crippen molar-refractivity contribution in [2.24, 2.45) is 5.84 Å². The van der Waals surface area contributed by atoms with Crippen LogP contribution in [0.4, 0.5) is 0 Å². The maximum Gasteiger partial charge on any atom is 0.253 e. The molecule has 0 heterocycles. The summed E-state index contributed by atoms with van der Waals surface area (Å²) in [6.07, 6.45) is 0. The molecule has 0 saturated heterocycles. The third-order valence-electron chi connectivity index (χ3n) is 1.26. The summed E-state index contributed by atoms with van der Waals surface area (Å²) in [5.74, 6) is 4.84. The van der Waals surface area contributed by atoms with Gasteiger partial charge in [-0.3, -0.25) is 5.84 Å². The molecule has 0 fully saturated rings. The van der Waals surface area contributed by atoms with Gasteiger partial charge in [0.05, 0.1) is 4.90 Å². The fourth-order valence-electron chi connectivity index (χ4n) is 0.702. The van der Waals surface area contributed by atoms with Crippen molar-refractivity contribution in [3.05, 3.63) is 28.7 Å². The Morgan fingerprint density at radius 2 is 2.08 bits per heavy atom. The van der Waals surface area contributed by atoms with Crippen LogP contribution in [-0.4, -0.2) is 8.42 Å². The molecule has 66 valence electrons. The molecule has 1 aromatic carbocycles. The Balaban J connectivity index is 3.21. The van der Waals surface area contributed by atoms with Gasteiger partial charge in [0.1, 0.15) is 0 Å². The van der Waals surface area contributed by atoms with Crippen LogP contribution in [0.25, 0.3) is 0 Å². The van der Waals surface area contributed by atoms with E-state index in [1.165, 1.54) is 12.1 Å².